The van der Waals surface area contributed by atoms with Gasteiger partial charge in [-0.25, -0.2) is 0 Å². The van der Waals surface area contributed by atoms with Crippen LogP contribution in [-0.4, -0.2) is 27.7 Å². The Morgan fingerprint density at radius 1 is 1.33 bits per heavy atom. The Hall–Kier alpha value is -1.36. The fraction of sp³-hybridized carbons (Fsp3) is 0.750. The van der Waals surface area contributed by atoms with E-state index in [-0.39, 0.29) is 23.7 Å². The minimum Gasteiger partial charge on any atom is -0.369 e. The van der Waals surface area contributed by atoms with E-state index < -0.39 is 0 Å². The van der Waals surface area contributed by atoms with Crippen LogP contribution in [0.15, 0.2) is 0 Å². The molecule has 21 heavy (non-hydrogen) atoms. The molecule has 4 rings (SSSR count). The van der Waals surface area contributed by atoms with Crippen LogP contribution in [0.4, 0.5) is 0 Å². The first-order chi connectivity index (χ1) is 9.94. The lowest BCUT2D eigenvalue weighted by Gasteiger charge is -2.26. The van der Waals surface area contributed by atoms with Crippen molar-refractivity contribution in [2.45, 2.75) is 70.6 Å². The maximum absolute atomic E-state index is 12.7. The Balaban J connectivity index is 1.59. The van der Waals surface area contributed by atoms with Gasteiger partial charge in [0.25, 0.3) is 5.91 Å². The van der Waals surface area contributed by atoms with E-state index in [0.29, 0.717) is 11.1 Å². The fourth-order valence-corrected chi connectivity index (χ4v) is 3.81. The van der Waals surface area contributed by atoms with Crippen LogP contribution in [0.1, 0.15) is 74.3 Å². The Morgan fingerprint density at radius 3 is 2.67 bits per heavy atom. The van der Waals surface area contributed by atoms with Crippen molar-refractivity contribution in [2.24, 2.45) is 5.41 Å². The predicted octanol–water partition coefficient (Wildman–Crippen LogP) is 2.49. The summed E-state index contributed by atoms with van der Waals surface area (Å²) in [5.41, 5.74) is 2.93. The Labute approximate surface area is 124 Å². The third-order valence-electron chi connectivity index (χ3n) is 5.71. The van der Waals surface area contributed by atoms with Crippen molar-refractivity contribution in [3.05, 3.63) is 17.0 Å². The first-order valence-electron chi connectivity index (χ1n) is 7.99. The Kier molecular flexibility index (Phi) is 2.60. The zero-order valence-corrected chi connectivity index (χ0v) is 13.0. The van der Waals surface area contributed by atoms with Crippen LogP contribution >= 0.6 is 0 Å². The molecule has 0 radical (unpaired) electrons. The molecule has 114 valence electrons. The van der Waals surface area contributed by atoms with E-state index in [1.807, 2.05) is 13.8 Å². The van der Waals surface area contributed by atoms with Crippen molar-refractivity contribution in [1.82, 2.24) is 15.5 Å². The second kappa shape index (κ2) is 4.09. The van der Waals surface area contributed by atoms with E-state index in [4.69, 9.17) is 4.74 Å². The number of aromatic nitrogens is 2. The first-order valence-corrected chi connectivity index (χ1v) is 7.99. The number of H-pyrrole nitrogens is 1. The van der Waals surface area contributed by atoms with E-state index in [1.54, 1.807) is 0 Å². The largest absolute Gasteiger partial charge is 0.369 e. The number of carbonyl (C=O) groups excluding carboxylic acids is 1. The summed E-state index contributed by atoms with van der Waals surface area (Å²) in [6.45, 7) is 6.34. The van der Waals surface area contributed by atoms with Gasteiger partial charge >= 0.3 is 0 Å². The topological polar surface area (TPSA) is 67.0 Å². The second-order valence-electron chi connectivity index (χ2n) is 7.35. The van der Waals surface area contributed by atoms with Gasteiger partial charge in [0.05, 0.1) is 17.9 Å². The van der Waals surface area contributed by atoms with Crippen molar-refractivity contribution in [1.29, 1.82) is 0 Å². The molecule has 1 amide bonds. The van der Waals surface area contributed by atoms with Gasteiger partial charge in [-0.2, -0.15) is 5.10 Å². The zero-order chi connectivity index (χ0) is 14.8. The summed E-state index contributed by atoms with van der Waals surface area (Å²) in [7, 11) is 0. The van der Waals surface area contributed by atoms with Crippen molar-refractivity contribution in [2.75, 3.05) is 0 Å². The highest BCUT2D eigenvalue weighted by molar-refractivity contribution is 5.95. The average Bonchev–Trinajstić information content (AvgIpc) is 3.30. The SMILES string of the molecule is C[C@@H]1Cc2c(C(=O)NC3(C4(C)CC4)CC3)n[nH]c2[C@H](C)O1. The van der Waals surface area contributed by atoms with Gasteiger partial charge in [-0.05, 0) is 44.9 Å². The van der Waals surface area contributed by atoms with Gasteiger partial charge in [-0.3, -0.25) is 9.89 Å². The van der Waals surface area contributed by atoms with Crippen LogP contribution < -0.4 is 5.32 Å². The van der Waals surface area contributed by atoms with Crippen molar-refractivity contribution in [3.63, 3.8) is 0 Å². The standard InChI is InChI=1S/C16H23N3O2/c1-9-8-11-12(10(2)21-9)18-19-13(11)14(20)17-16(6-7-16)15(3)4-5-15/h9-10H,4-8H2,1-3H3,(H,17,20)(H,18,19)/t9-,10+/m1/s1. The third kappa shape index (κ3) is 1.94. The smallest absolute Gasteiger partial charge is 0.272 e. The molecule has 0 spiro atoms. The molecule has 2 saturated carbocycles. The minimum absolute atomic E-state index is 0.0144. The Bertz CT molecular complexity index is 599. The number of nitrogens with one attached hydrogen (secondary N) is 2. The van der Waals surface area contributed by atoms with E-state index in [1.165, 1.54) is 12.8 Å². The highest BCUT2D eigenvalue weighted by atomic mass is 16.5. The summed E-state index contributed by atoms with van der Waals surface area (Å²) in [5.74, 6) is -0.0144. The molecule has 2 N–H and O–H groups in total. The van der Waals surface area contributed by atoms with Gasteiger partial charge in [0, 0.05) is 17.5 Å². The molecule has 3 aliphatic rings. The number of carbonyl (C=O) groups is 1. The fourth-order valence-electron chi connectivity index (χ4n) is 3.81. The molecule has 2 heterocycles. The van der Waals surface area contributed by atoms with Crippen molar-refractivity contribution >= 4 is 5.91 Å². The summed E-state index contributed by atoms with van der Waals surface area (Å²) in [6.07, 6.45) is 5.54. The molecule has 0 bridgehead atoms. The normalized spacial score (nSPS) is 31.4. The van der Waals surface area contributed by atoms with Gasteiger partial charge < -0.3 is 10.1 Å². The van der Waals surface area contributed by atoms with Crippen LogP contribution in [0.5, 0.6) is 0 Å². The van der Waals surface area contributed by atoms with E-state index >= 15 is 0 Å². The molecular weight excluding hydrogens is 266 g/mol. The van der Waals surface area contributed by atoms with E-state index in [9.17, 15) is 4.79 Å². The van der Waals surface area contributed by atoms with Gasteiger partial charge in [-0.1, -0.05) is 6.92 Å². The van der Waals surface area contributed by atoms with Crippen LogP contribution in [0, 0.1) is 5.41 Å². The number of hydrogen-bond donors (Lipinski definition) is 2. The van der Waals surface area contributed by atoms with Gasteiger partial charge in [-0.15, -0.1) is 0 Å². The van der Waals surface area contributed by atoms with E-state index in [2.05, 4.69) is 22.4 Å². The van der Waals surface area contributed by atoms with E-state index in [0.717, 1.165) is 30.5 Å². The summed E-state index contributed by atoms with van der Waals surface area (Å²) in [4.78, 5) is 12.7. The van der Waals surface area contributed by atoms with Gasteiger partial charge in [0.1, 0.15) is 0 Å². The summed E-state index contributed by atoms with van der Waals surface area (Å²) >= 11 is 0. The molecule has 0 unspecified atom stereocenters. The summed E-state index contributed by atoms with van der Waals surface area (Å²) in [6, 6.07) is 0. The number of aromatic amines is 1. The molecule has 0 aromatic carbocycles. The predicted molar refractivity (Wildman–Crippen MR) is 78.0 cm³/mol. The molecule has 1 aromatic heterocycles. The number of ether oxygens (including phenoxy) is 1. The summed E-state index contributed by atoms with van der Waals surface area (Å²) < 4.78 is 5.78. The van der Waals surface area contributed by atoms with Crippen molar-refractivity contribution in [3.8, 4) is 0 Å². The zero-order valence-electron chi connectivity index (χ0n) is 13.0. The number of amides is 1. The molecule has 5 heteroatoms. The van der Waals surface area contributed by atoms with Gasteiger partial charge in [0.2, 0.25) is 0 Å². The number of fused-ring (bicyclic) bond motifs is 1. The molecule has 5 nitrogen and oxygen atoms in total. The highest BCUT2D eigenvalue weighted by Crippen LogP contribution is 2.63. The lowest BCUT2D eigenvalue weighted by atomic mass is 9.95. The lowest BCUT2D eigenvalue weighted by Crippen LogP contribution is -2.43. The monoisotopic (exact) mass is 289 g/mol. The van der Waals surface area contributed by atoms with Crippen LogP contribution in [0.2, 0.25) is 0 Å². The molecule has 1 aliphatic heterocycles. The van der Waals surface area contributed by atoms with Gasteiger partial charge in [0.15, 0.2) is 5.69 Å². The Morgan fingerprint density at radius 2 is 2.05 bits per heavy atom. The molecule has 2 fully saturated rings. The minimum atomic E-state index is -0.0198. The van der Waals surface area contributed by atoms with Crippen LogP contribution in [0.3, 0.4) is 0 Å². The quantitative estimate of drug-likeness (QED) is 0.898. The molecule has 1 aromatic rings. The molecule has 2 aliphatic carbocycles. The average molecular weight is 289 g/mol. The maximum Gasteiger partial charge on any atom is 0.272 e. The number of hydrogen-bond acceptors (Lipinski definition) is 3. The summed E-state index contributed by atoms with van der Waals surface area (Å²) in [5, 5.41) is 10.6. The highest BCUT2D eigenvalue weighted by Gasteiger charge is 2.63. The number of nitrogens with zero attached hydrogens (tertiary/aromatic N) is 1. The molecule has 2 atom stereocenters. The number of rotatable bonds is 3. The lowest BCUT2D eigenvalue weighted by molar-refractivity contribution is -0.00697. The van der Waals surface area contributed by atoms with Crippen LogP contribution in [-0.2, 0) is 11.2 Å². The molecule has 0 saturated heterocycles. The maximum atomic E-state index is 12.7. The second-order valence-corrected chi connectivity index (χ2v) is 7.35. The van der Waals surface area contributed by atoms with Crippen molar-refractivity contribution < 1.29 is 9.53 Å². The molecular formula is C16H23N3O2. The first kappa shape index (κ1) is 13.3. The van der Waals surface area contributed by atoms with Crippen LogP contribution in [0.25, 0.3) is 0 Å². The third-order valence-corrected chi connectivity index (χ3v) is 5.71.